The monoisotopic (exact) mass is 225 g/mol. The van der Waals surface area contributed by atoms with Gasteiger partial charge in [0.15, 0.2) is 0 Å². The van der Waals surface area contributed by atoms with Gasteiger partial charge in [0.1, 0.15) is 0 Å². The third kappa shape index (κ3) is 3.55. The molecule has 1 aliphatic rings. The largest absolute Gasteiger partial charge is 0.316 e. The smallest absolute Gasteiger partial charge is 0.0795 e. The zero-order valence-electron chi connectivity index (χ0n) is 9.28. The summed E-state index contributed by atoms with van der Waals surface area (Å²) in [4.78, 5) is 6.69. The summed E-state index contributed by atoms with van der Waals surface area (Å²) in [6.45, 7) is 4.55. The summed E-state index contributed by atoms with van der Waals surface area (Å²) in [6, 6.07) is 0. The molecule has 1 unspecified atom stereocenters. The van der Waals surface area contributed by atoms with Crippen LogP contribution in [0.4, 0.5) is 0 Å². The minimum Gasteiger partial charge on any atom is -0.316 e. The third-order valence-corrected chi connectivity index (χ3v) is 3.52. The number of hydrogen-bond acceptors (Lipinski definition) is 4. The van der Waals surface area contributed by atoms with E-state index in [2.05, 4.69) is 27.6 Å². The zero-order valence-corrected chi connectivity index (χ0v) is 10.1. The quantitative estimate of drug-likeness (QED) is 0.843. The molecule has 0 radical (unpaired) electrons. The summed E-state index contributed by atoms with van der Waals surface area (Å²) >= 11 is 1.68. The van der Waals surface area contributed by atoms with Crippen molar-refractivity contribution in [2.75, 3.05) is 26.7 Å². The lowest BCUT2D eigenvalue weighted by Crippen LogP contribution is -2.36. The fourth-order valence-electron chi connectivity index (χ4n) is 2.18. The van der Waals surface area contributed by atoms with Crippen molar-refractivity contribution >= 4 is 11.3 Å². The van der Waals surface area contributed by atoms with Crippen molar-refractivity contribution < 1.29 is 0 Å². The van der Waals surface area contributed by atoms with Crippen molar-refractivity contribution in [3.63, 3.8) is 0 Å². The van der Waals surface area contributed by atoms with Crippen LogP contribution in [0.15, 0.2) is 10.9 Å². The van der Waals surface area contributed by atoms with Crippen molar-refractivity contribution in [3.8, 4) is 0 Å². The van der Waals surface area contributed by atoms with Crippen LogP contribution >= 0.6 is 11.3 Å². The van der Waals surface area contributed by atoms with Crippen LogP contribution in [0.3, 0.4) is 0 Å². The molecular weight excluding hydrogens is 206 g/mol. The molecule has 2 rings (SSSR count). The molecule has 1 saturated heterocycles. The van der Waals surface area contributed by atoms with Gasteiger partial charge >= 0.3 is 0 Å². The van der Waals surface area contributed by atoms with E-state index in [1.807, 2.05) is 5.51 Å². The number of nitrogens with zero attached hydrogens (tertiary/aromatic N) is 2. The lowest BCUT2D eigenvalue weighted by molar-refractivity contribution is 0.236. The Kier molecular flexibility index (Phi) is 4.11. The van der Waals surface area contributed by atoms with Gasteiger partial charge in [-0.25, -0.2) is 4.98 Å². The third-order valence-electron chi connectivity index (χ3n) is 2.88. The highest BCUT2D eigenvalue weighted by atomic mass is 32.1. The maximum Gasteiger partial charge on any atom is 0.0795 e. The van der Waals surface area contributed by atoms with Gasteiger partial charge < -0.3 is 10.2 Å². The minimum atomic E-state index is 0.822. The predicted molar refractivity (Wildman–Crippen MR) is 64.0 cm³/mol. The highest BCUT2D eigenvalue weighted by Gasteiger charge is 2.15. The van der Waals surface area contributed by atoms with Crippen molar-refractivity contribution in [3.05, 3.63) is 16.6 Å². The molecule has 1 aromatic rings. The fraction of sp³-hybridized carbons (Fsp3) is 0.727. The Morgan fingerprint density at radius 2 is 2.60 bits per heavy atom. The Hall–Kier alpha value is -0.450. The highest BCUT2D eigenvalue weighted by molar-refractivity contribution is 7.07. The Morgan fingerprint density at radius 3 is 3.27 bits per heavy atom. The van der Waals surface area contributed by atoms with Gasteiger partial charge in [0.25, 0.3) is 0 Å². The second-order valence-corrected chi connectivity index (χ2v) is 5.11. The molecule has 2 heterocycles. The predicted octanol–water partition coefficient (Wildman–Crippen LogP) is 1.57. The topological polar surface area (TPSA) is 28.2 Å². The lowest BCUT2D eigenvalue weighted by atomic mass is 9.99. The minimum absolute atomic E-state index is 0.822. The molecule has 0 bridgehead atoms. The molecule has 0 aliphatic carbocycles. The van der Waals surface area contributed by atoms with E-state index in [1.165, 1.54) is 38.2 Å². The second-order valence-electron chi connectivity index (χ2n) is 4.39. The number of hydrogen-bond donors (Lipinski definition) is 1. The Morgan fingerprint density at radius 1 is 1.67 bits per heavy atom. The summed E-state index contributed by atoms with van der Waals surface area (Å²) in [6.07, 6.45) is 2.70. The van der Waals surface area contributed by atoms with Crippen LogP contribution in [0, 0.1) is 5.92 Å². The van der Waals surface area contributed by atoms with E-state index < -0.39 is 0 Å². The van der Waals surface area contributed by atoms with E-state index in [0.29, 0.717) is 0 Å². The van der Waals surface area contributed by atoms with E-state index in [4.69, 9.17) is 0 Å². The van der Waals surface area contributed by atoms with Crippen LogP contribution in [-0.2, 0) is 6.54 Å². The Labute approximate surface area is 95.5 Å². The van der Waals surface area contributed by atoms with Gasteiger partial charge in [0.2, 0.25) is 0 Å². The van der Waals surface area contributed by atoms with Gasteiger partial charge in [-0.2, -0.15) is 0 Å². The lowest BCUT2D eigenvalue weighted by Gasteiger charge is -2.27. The molecule has 84 valence electrons. The molecule has 1 aliphatic heterocycles. The molecule has 3 nitrogen and oxygen atoms in total. The average Bonchev–Trinajstić information content (AvgIpc) is 2.71. The molecule has 1 aromatic heterocycles. The maximum atomic E-state index is 4.31. The summed E-state index contributed by atoms with van der Waals surface area (Å²) in [7, 11) is 2.19. The van der Waals surface area contributed by atoms with Crippen molar-refractivity contribution in [1.29, 1.82) is 0 Å². The number of rotatable bonds is 4. The first-order chi connectivity index (χ1) is 7.34. The first kappa shape index (κ1) is 11.0. The first-order valence-corrected chi connectivity index (χ1v) is 6.55. The van der Waals surface area contributed by atoms with Crippen LogP contribution in [0.25, 0.3) is 0 Å². The number of piperidine rings is 1. The maximum absolute atomic E-state index is 4.31. The van der Waals surface area contributed by atoms with Crippen LogP contribution in [0.5, 0.6) is 0 Å². The molecule has 0 aromatic carbocycles. The van der Waals surface area contributed by atoms with Crippen LogP contribution in [0.1, 0.15) is 18.5 Å². The van der Waals surface area contributed by atoms with E-state index in [1.54, 1.807) is 11.3 Å². The highest BCUT2D eigenvalue weighted by Crippen LogP contribution is 2.12. The number of thiazole rings is 1. The van der Waals surface area contributed by atoms with Gasteiger partial charge in [-0.1, -0.05) is 0 Å². The SMILES string of the molecule is CN(Cc1cscn1)CC1CCCNC1. The van der Waals surface area contributed by atoms with Gasteiger partial charge in [0.05, 0.1) is 11.2 Å². The molecule has 0 saturated carbocycles. The standard InChI is InChI=1S/C11H19N3S/c1-14(7-11-8-15-9-13-11)6-10-3-2-4-12-5-10/h8-10,12H,2-7H2,1H3. The van der Waals surface area contributed by atoms with Crippen molar-refractivity contribution in [1.82, 2.24) is 15.2 Å². The van der Waals surface area contributed by atoms with Crippen LogP contribution in [-0.4, -0.2) is 36.6 Å². The second kappa shape index (κ2) is 5.58. The van der Waals surface area contributed by atoms with Gasteiger partial charge in [-0.15, -0.1) is 11.3 Å². The summed E-state index contributed by atoms with van der Waals surface area (Å²) < 4.78 is 0. The van der Waals surface area contributed by atoms with E-state index >= 15 is 0 Å². The molecule has 1 fully saturated rings. The molecule has 4 heteroatoms. The first-order valence-electron chi connectivity index (χ1n) is 5.61. The molecule has 0 amide bonds. The normalized spacial score (nSPS) is 22.1. The Bertz CT molecular complexity index is 267. The molecule has 1 atom stereocenters. The summed E-state index contributed by atoms with van der Waals surface area (Å²) in [5.41, 5.74) is 3.11. The molecule has 0 spiro atoms. The number of nitrogens with one attached hydrogen (secondary N) is 1. The molecule has 15 heavy (non-hydrogen) atoms. The summed E-state index contributed by atoms with van der Waals surface area (Å²) in [5.74, 6) is 0.822. The Balaban J connectivity index is 1.74. The van der Waals surface area contributed by atoms with Crippen molar-refractivity contribution in [2.24, 2.45) is 5.92 Å². The van der Waals surface area contributed by atoms with E-state index in [-0.39, 0.29) is 0 Å². The molecule has 1 N–H and O–H groups in total. The summed E-state index contributed by atoms with van der Waals surface area (Å²) in [5, 5.41) is 5.59. The average molecular weight is 225 g/mol. The van der Waals surface area contributed by atoms with Crippen LogP contribution < -0.4 is 5.32 Å². The fourth-order valence-corrected chi connectivity index (χ4v) is 2.73. The van der Waals surface area contributed by atoms with E-state index in [0.717, 1.165) is 12.5 Å². The molecular formula is C11H19N3S. The van der Waals surface area contributed by atoms with Crippen molar-refractivity contribution in [2.45, 2.75) is 19.4 Å². The van der Waals surface area contributed by atoms with Gasteiger partial charge in [-0.05, 0) is 38.9 Å². The number of aromatic nitrogens is 1. The van der Waals surface area contributed by atoms with Crippen LogP contribution in [0.2, 0.25) is 0 Å². The zero-order chi connectivity index (χ0) is 10.5. The van der Waals surface area contributed by atoms with Gasteiger partial charge in [0, 0.05) is 18.5 Å². The van der Waals surface area contributed by atoms with Gasteiger partial charge in [-0.3, -0.25) is 0 Å². The van der Waals surface area contributed by atoms with E-state index in [9.17, 15) is 0 Å².